The molecule has 4 N–H and O–H groups in total. The van der Waals surface area contributed by atoms with E-state index in [1.165, 1.54) is 12.1 Å². The summed E-state index contributed by atoms with van der Waals surface area (Å²) in [6, 6.07) is 3.89. The summed E-state index contributed by atoms with van der Waals surface area (Å²) in [4.78, 5) is 21.7. The Labute approximate surface area is 122 Å². The molecule has 0 aliphatic heterocycles. The fourth-order valence-corrected chi connectivity index (χ4v) is 2.69. The van der Waals surface area contributed by atoms with Crippen molar-refractivity contribution in [3.63, 3.8) is 0 Å². The van der Waals surface area contributed by atoms with Crippen LogP contribution in [0, 0.1) is 16.0 Å². The van der Waals surface area contributed by atoms with E-state index in [2.05, 4.69) is 0 Å². The number of nitro benzene ring substituents is 1. The number of carbonyl (C=O) groups is 1. The van der Waals surface area contributed by atoms with Gasteiger partial charge in [-0.2, -0.15) is 0 Å². The Morgan fingerprint density at radius 3 is 2.71 bits per heavy atom. The molecule has 0 bridgehead atoms. The van der Waals surface area contributed by atoms with E-state index in [4.69, 9.17) is 16.2 Å². The van der Waals surface area contributed by atoms with E-state index in [0.29, 0.717) is 12.3 Å². The van der Waals surface area contributed by atoms with Gasteiger partial charge >= 0.3 is 0 Å². The van der Waals surface area contributed by atoms with Crippen molar-refractivity contribution in [1.82, 2.24) is 0 Å². The first-order chi connectivity index (χ1) is 10.0. The zero-order valence-electron chi connectivity index (χ0n) is 11.7. The van der Waals surface area contributed by atoms with Gasteiger partial charge in [-0.25, -0.2) is 0 Å². The standard InChI is InChI=1S/C14H19N3O4/c15-8-9-3-1-2-4-12(9)21-13-6-5-10(17(19)20)7-11(13)14(16)18/h5-7,9,12H,1-4,8,15H2,(H2,16,18). The van der Waals surface area contributed by atoms with Crippen LogP contribution in [-0.4, -0.2) is 23.5 Å². The molecule has 0 saturated heterocycles. The maximum absolute atomic E-state index is 11.5. The van der Waals surface area contributed by atoms with Crippen LogP contribution in [0.1, 0.15) is 36.0 Å². The smallest absolute Gasteiger partial charge is 0.270 e. The van der Waals surface area contributed by atoms with Gasteiger partial charge in [-0.15, -0.1) is 0 Å². The van der Waals surface area contributed by atoms with Crippen LogP contribution < -0.4 is 16.2 Å². The summed E-state index contributed by atoms with van der Waals surface area (Å²) in [6.07, 6.45) is 3.92. The Kier molecular flexibility index (Phi) is 4.74. The zero-order valence-corrected chi connectivity index (χ0v) is 11.7. The number of primary amides is 1. The van der Waals surface area contributed by atoms with E-state index < -0.39 is 10.8 Å². The molecule has 21 heavy (non-hydrogen) atoms. The third kappa shape index (κ3) is 3.49. The second kappa shape index (κ2) is 6.53. The summed E-state index contributed by atoms with van der Waals surface area (Å²) in [7, 11) is 0. The quantitative estimate of drug-likeness (QED) is 0.630. The third-order valence-electron chi connectivity index (χ3n) is 3.86. The van der Waals surface area contributed by atoms with Crippen molar-refractivity contribution < 1.29 is 14.5 Å². The molecule has 0 aromatic heterocycles. The Morgan fingerprint density at radius 1 is 1.38 bits per heavy atom. The molecule has 0 spiro atoms. The maximum Gasteiger partial charge on any atom is 0.270 e. The second-order valence-electron chi connectivity index (χ2n) is 5.24. The number of nitrogens with two attached hydrogens (primary N) is 2. The van der Waals surface area contributed by atoms with Gasteiger partial charge in [0, 0.05) is 18.1 Å². The van der Waals surface area contributed by atoms with Gasteiger partial charge in [0.1, 0.15) is 11.9 Å². The van der Waals surface area contributed by atoms with Crippen molar-refractivity contribution in [3.8, 4) is 5.75 Å². The van der Waals surface area contributed by atoms with E-state index in [1.807, 2.05) is 0 Å². The summed E-state index contributed by atoms with van der Waals surface area (Å²) in [5, 5.41) is 10.8. The summed E-state index contributed by atoms with van der Waals surface area (Å²) >= 11 is 0. The van der Waals surface area contributed by atoms with Gasteiger partial charge in [0.2, 0.25) is 0 Å². The highest BCUT2D eigenvalue weighted by Crippen LogP contribution is 2.31. The molecular formula is C14H19N3O4. The van der Waals surface area contributed by atoms with Crippen LogP contribution in [0.5, 0.6) is 5.75 Å². The number of ether oxygens (including phenoxy) is 1. The zero-order chi connectivity index (χ0) is 15.4. The summed E-state index contributed by atoms with van der Waals surface area (Å²) in [5.74, 6) is -0.220. The molecule has 1 aliphatic carbocycles. The van der Waals surface area contributed by atoms with Crippen molar-refractivity contribution in [2.24, 2.45) is 17.4 Å². The number of amides is 1. The Morgan fingerprint density at radius 2 is 2.10 bits per heavy atom. The number of rotatable bonds is 5. The predicted octanol–water partition coefficient (Wildman–Crippen LogP) is 1.59. The van der Waals surface area contributed by atoms with E-state index in [1.54, 1.807) is 0 Å². The molecule has 2 atom stereocenters. The van der Waals surface area contributed by atoms with Gasteiger partial charge in [0.25, 0.3) is 11.6 Å². The SMILES string of the molecule is NCC1CCCCC1Oc1ccc([N+](=O)[O-])cc1C(N)=O. The number of hydrogen-bond acceptors (Lipinski definition) is 5. The molecule has 1 aliphatic rings. The maximum atomic E-state index is 11.5. The lowest BCUT2D eigenvalue weighted by molar-refractivity contribution is -0.384. The normalized spacial score (nSPS) is 21.8. The van der Waals surface area contributed by atoms with Crippen molar-refractivity contribution in [2.45, 2.75) is 31.8 Å². The van der Waals surface area contributed by atoms with Crippen LogP contribution in [0.15, 0.2) is 18.2 Å². The fraction of sp³-hybridized carbons (Fsp3) is 0.500. The van der Waals surface area contributed by atoms with E-state index in [0.717, 1.165) is 31.7 Å². The highest BCUT2D eigenvalue weighted by molar-refractivity contribution is 5.96. The molecule has 2 unspecified atom stereocenters. The van der Waals surface area contributed by atoms with Gasteiger partial charge in [-0.3, -0.25) is 14.9 Å². The number of benzene rings is 1. The molecule has 1 fully saturated rings. The minimum Gasteiger partial charge on any atom is -0.489 e. The van der Waals surface area contributed by atoms with Gasteiger partial charge in [-0.05, 0) is 31.9 Å². The first-order valence-electron chi connectivity index (χ1n) is 6.98. The van der Waals surface area contributed by atoms with Gasteiger partial charge in [-0.1, -0.05) is 6.42 Å². The Bertz CT molecular complexity index is 547. The van der Waals surface area contributed by atoms with Crippen molar-refractivity contribution in [1.29, 1.82) is 0 Å². The van der Waals surface area contributed by atoms with Crippen LogP contribution in [0.4, 0.5) is 5.69 Å². The molecule has 1 aromatic rings. The number of nitrogens with zero attached hydrogens (tertiary/aromatic N) is 1. The number of nitro groups is 1. The van der Waals surface area contributed by atoms with Crippen molar-refractivity contribution >= 4 is 11.6 Å². The first kappa shape index (κ1) is 15.2. The average molecular weight is 293 g/mol. The lowest BCUT2D eigenvalue weighted by Gasteiger charge is -2.31. The lowest BCUT2D eigenvalue weighted by Crippen LogP contribution is -2.35. The van der Waals surface area contributed by atoms with E-state index in [9.17, 15) is 14.9 Å². The molecule has 1 aromatic carbocycles. The Balaban J connectivity index is 2.26. The van der Waals surface area contributed by atoms with Crippen LogP contribution in [0.2, 0.25) is 0 Å². The monoisotopic (exact) mass is 293 g/mol. The van der Waals surface area contributed by atoms with Crippen molar-refractivity contribution in [3.05, 3.63) is 33.9 Å². The van der Waals surface area contributed by atoms with Gasteiger partial charge < -0.3 is 16.2 Å². The van der Waals surface area contributed by atoms with Crippen LogP contribution in [-0.2, 0) is 0 Å². The first-order valence-corrected chi connectivity index (χ1v) is 6.98. The molecular weight excluding hydrogens is 274 g/mol. The number of carbonyl (C=O) groups excluding carboxylic acids is 1. The minimum atomic E-state index is -0.742. The summed E-state index contributed by atoms with van der Waals surface area (Å²) in [6.45, 7) is 0.517. The fourth-order valence-electron chi connectivity index (χ4n) is 2.69. The third-order valence-corrected chi connectivity index (χ3v) is 3.86. The molecule has 2 rings (SSSR count). The highest BCUT2D eigenvalue weighted by atomic mass is 16.6. The topological polar surface area (TPSA) is 121 Å². The van der Waals surface area contributed by atoms with Crippen LogP contribution in [0.25, 0.3) is 0 Å². The molecule has 0 heterocycles. The summed E-state index contributed by atoms with van der Waals surface area (Å²) in [5.41, 5.74) is 10.9. The molecule has 0 radical (unpaired) electrons. The second-order valence-corrected chi connectivity index (χ2v) is 5.24. The van der Waals surface area contributed by atoms with E-state index >= 15 is 0 Å². The minimum absolute atomic E-state index is 0.0329. The predicted molar refractivity (Wildman–Crippen MR) is 77.0 cm³/mol. The van der Waals surface area contributed by atoms with Crippen LogP contribution >= 0.6 is 0 Å². The molecule has 7 nitrogen and oxygen atoms in total. The summed E-state index contributed by atoms with van der Waals surface area (Å²) < 4.78 is 5.88. The van der Waals surface area contributed by atoms with Crippen molar-refractivity contribution in [2.75, 3.05) is 6.54 Å². The molecule has 114 valence electrons. The number of non-ortho nitro benzene ring substituents is 1. The molecule has 1 saturated carbocycles. The average Bonchev–Trinajstić information content (AvgIpc) is 2.47. The number of hydrogen-bond donors (Lipinski definition) is 2. The lowest BCUT2D eigenvalue weighted by atomic mass is 9.86. The largest absolute Gasteiger partial charge is 0.489 e. The molecule has 1 amide bonds. The van der Waals surface area contributed by atoms with Gasteiger partial charge in [0.15, 0.2) is 0 Å². The van der Waals surface area contributed by atoms with Gasteiger partial charge in [0.05, 0.1) is 10.5 Å². The Hall–Kier alpha value is -2.15. The highest BCUT2D eigenvalue weighted by Gasteiger charge is 2.27. The van der Waals surface area contributed by atoms with Crippen LogP contribution in [0.3, 0.4) is 0 Å². The molecule has 7 heteroatoms. The van der Waals surface area contributed by atoms with E-state index in [-0.39, 0.29) is 23.3 Å².